The van der Waals surface area contributed by atoms with Gasteiger partial charge in [0.25, 0.3) is 5.91 Å². The molecule has 7 nitrogen and oxygen atoms in total. The SMILES string of the molecule is CCOc1cccc(NC(=O)c2c(NCCO)cc(-c3ccc(Br)cc3)oc2=O)c1. The number of anilines is 2. The molecule has 0 aliphatic carbocycles. The van der Waals surface area contributed by atoms with Gasteiger partial charge in [0.05, 0.1) is 18.9 Å². The first-order valence-corrected chi connectivity index (χ1v) is 10.1. The summed E-state index contributed by atoms with van der Waals surface area (Å²) in [7, 11) is 0. The fourth-order valence-electron chi connectivity index (χ4n) is 2.82. The Balaban J connectivity index is 1.96. The van der Waals surface area contributed by atoms with E-state index in [0.29, 0.717) is 29.4 Å². The van der Waals surface area contributed by atoms with Crippen LogP contribution >= 0.6 is 15.9 Å². The summed E-state index contributed by atoms with van der Waals surface area (Å²) < 4.78 is 11.7. The van der Waals surface area contributed by atoms with E-state index in [1.807, 2.05) is 19.1 Å². The molecule has 1 aromatic heterocycles. The summed E-state index contributed by atoms with van der Waals surface area (Å²) in [6.07, 6.45) is 0. The van der Waals surface area contributed by atoms with E-state index in [-0.39, 0.29) is 24.4 Å². The van der Waals surface area contributed by atoms with Crippen LogP contribution in [0.15, 0.2) is 68.3 Å². The molecule has 3 rings (SSSR count). The first-order valence-electron chi connectivity index (χ1n) is 9.35. The number of nitrogens with one attached hydrogen (secondary N) is 2. The van der Waals surface area contributed by atoms with Crippen LogP contribution in [0.1, 0.15) is 17.3 Å². The number of benzene rings is 2. The predicted molar refractivity (Wildman–Crippen MR) is 119 cm³/mol. The molecule has 8 heteroatoms. The van der Waals surface area contributed by atoms with Gasteiger partial charge >= 0.3 is 5.63 Å². The van der Waals surface area contributed by atoms with Gasteiger partial charge in [-0.15, -0.1) is 0 Å². The summed E-state index contributed by atoms with van der Waals surface area (Å²) in [6.45, 7) is 2.37. The van der Waals surface area contributed by atoms with Crippen molar-refractivity contribution in [3.63, 3.8) is 0 Å². The van der Waals surface area contributed by atoms with Gasteiger partial charge in [-0.3, -0.25) is 4.79 Å². The van der Waals surface area contributed by atoms with E-state index >= 15 is 0 Å². The minimum atomic E-state index is -0.783. The van der Waals surface area contributed by atoms with Gasteiger partial charge in [0.1, 0.15) is 17.1 Å². The minimum Gasteiger partial charge on any atom is -0.494 e. The van der Waals surface area contributed by atoms with Gasteiger partial charge in [-0.1, -0.05) is 34.1 Å². The molecule has 0 saturated heterocycles. The van der Waals surface area contributed by atoms with Crippen molar-refractivity contribution in [2.45, 2.75) is 6.92 Å². The molecule has 0 radical (unpaired) electrons. The number of amides is 1. The number of halogens is 1. The van der Waals surface area contributed by atoms with Crippen LogP contribution in [0.2, 0.25) is 0 Å². The lowest BCUT2D eigenvalue weighted by Crippen LogP contribution is -2.24. The lowest BCUT2D eigenvalue weighted by molar-refractivity contribution is 0.102. The van der Waals surface area contributed by atoms with Gasteiger partial charge in [-0.05, 0) is 31.2 Å². The van der Waals surface area contributed by atoms with Gasteiger partial charge in [0.15, 0.2) is 0 Å². The normalized spacial score (nSPS) is 10.5. The fraction of sp³-hybridized carbons (Fsp3) is 0.182. The highest BCUT2D eigenvalue weighted by Crippen LogP contribution is 2.26. The quantitative estimate of drug-likeness (QED) is 0.455. The van der Waals surface area contributed by atoms with E-state index in [0.717, 1.165) is 4.47 Å². The van der Waals surface area contributed by atoms with Crippen molar-refractivity contribution in [3.05, 3.63) is 75.1 Å². The highest BCUT2D eigenvalue weighted by molar-refractivity contribution is 9.10. The number of carbonyl (C=O) groups is 1. The molecule has 2 aromatic carbocycles. The Kier molecular flexibility index (Phi) is 7.26. The van der Waals surface area contributed by atoms with Crippen molar-refractivity contribution in [1.82, 2.24) is 0 Å². The fourth-order valence-corrected chi connectivity index (χ4v) is 3.08. The highest BCUT2D eigenvalue weighted by Gasteiger charge is 2.20. The standard InChI is InChI=1S/C22H21BrN2O5/c1-2-29-17-5-3-4-16(12-17)25-21(27)20-18(24-10-11-26)13-19(30-22(20)28)14-6-8-15(23)9-7-14/h3-9,12-13,24,26H,2,10-11H2,1H3,(H,25,27). The third-order valence-corrected chi connectivity index (χ3v) is 4.67. The number of rotatable bonds is 8. The summed E-state index contributed by atoms with van der Waals surface area (Å²) >= 11 is 3.36. The molecule has 1 heterocycles. The van der Waals surface area contributed by atoms with Crippen LogP contribution < -0.4 is 21.0 Å². The maximum absolute atomic E-state index is 12.9. The molecule has 3 N–H and O–H groups in total. The van der Waals surface area contributed by atoms with E-state index in [2.05, 4.69) is 26.6 Å². The summed E-state index contributed by atoms with van der Waals surface area (Å²) in [5.41, 5.74) is 0.478. The van der Waals surface area contributed by atoms with Crippen molar-refractivity contribution >= 4 is 33.2 Å². The van der Waals surface area contributed by atoms with Gasteiger partial charge in [-0.2, -0.15) is 0 Å². The highest BCUT2D eigenvalue weighted by atomic mass is 79.9. The molecule has 0 fully saturated rings. The van der Waals surface area contributed by atoms with Gasteiger partial charge in [0, 0.05) is 34.4 Å². The number of aliphatic hydroxyl groups is 1. The van der Waals surface area contributed by atoms with Crippen molar-refractivity contribution in [3.8, 4) is 17.1 Å². The van der Waals surface area contributed by atoms with E-state index in [4.69, 9.17) is 9.15 Å². The molecule has 0 unspecified atom stereocenters. The van der Waals surface area contributed by atoms with Crippen molar-refractivity contribution in [1.29, 1.82) is 0 Å². The zero-order valence-electron chi connectivity index (χ0n) is 16.3. The Morgan fingerprint density at radius 3 is 2.63 bits per heavy atom. The van der Waals surface area contributed by atoms with Crippen LogP contribution in [0.5, 0.6) is 5.75 Å². The Morgan fingerprint density at radius 2 is 1.93 bits per heavy atom. The van der Waals surface area contributed by atoms with Gasteiger partial charge in [-0.25, -0.2) is 4.79 Å². The Labute approximate surface area is 181 Å². The number of aliphatic hydroxyl groups excluding tert-OH is 1. The van der Waals surface area contributed by atoms with Crippen molar-refractivity contribution in [2.24, 2.45) is 0 Å². The zero-order valence-corrected chi connectivity index (χ0v) is 17.9. The molecule has 3 aromatic rings. The lowest BCUT2D eigenvalue weighted by Gasteiger charge is -2.13. The van der Waals surface area contributed by atoms with Crippen LogP contribution in [0.4, 0.5) is 11.4 Å². The summed E-state index contributed by atoms with van der Waals surface area (Å²) in [6, 6.07) is 15.7. The second-order valence-corrected chi connectivity index (χ2v) is 7.17. The van der Waals surface area contributed by atoms with Crippen LogP contribution in [0, 0.1) is 0 Å². The Hall–Kier alpha value is -3.10. The minimum absolute atomic E-state index is 0.161. The second-order valence-electron chi connectivity index (χ2n) is 6.26. The topological polar surface area (TPSA) is 101 Å². The lowest BCUT2D eigenvalue weighted by atomic mass is 10.1. The van der Waals surface area contributed by atoms with Crippen LogP contribution in [0.25, 0.3) is 11.3 Å². The number of hydrogen-bond acceptors (Lipinski definition) is 6. The molecular weight excluding hydrogens is 452 g/mol. The zero-order chi connectivity index (χ0) is 21.5. The van der Waals surface area contributed by atoms with Gasteiger partial charge in [0.2, 0.25) is 0 Å². The molecule has 1 amide bonds. The molecule has 156 valence electrons. The molecule has 0 spiro atoms. The third kappa shape index (κ3) is 5.28. The van der Waals surface area contributed by atoms with E-state index in [1.54, 1.807) is 42.5 Å². The van der Waals surface area contributed by atoms with E-state index in [1.165, 1.54) is 0 Å². The Morgan fingerprint density at radius 1 is 1.17 bits per heavy atom. The summed E-state index contributed by atoms with van der Waals surface area (Å²) in [5, 5.41) is 14.8. The largest absolute Gasteiger partial charge is 0.494 e. The number of carbonyl (C=O) groups excluding carboxylic acids is 1. The molecule has 0 aliphatic rings. The average molecular weight is 473 g/mol. The molecule has 30 heavy (non-hydrogen) atoms. The summed E-state index contributed by atoms with van der Waals surface area (Å²) in [5.74, 6) is 0.287. The van der Waals surface area contributed by atoms with E-state index < -0.39 is 11.5 Å². The van der Waals surface area contributed by atoms with Crippen LogP contribution in [-0.4, -0.2) is 30.8 Å². The van der Waals surface area contributed by atoms with Crippen molar-refractivity contribution < 1.29 is 19.1 Å². The predicted octanol–water partition coefficient (Wildman–Crippen LogP) is 4.12. The van der Waals surface area contributed by atoms with Crippen molar-refractivity contribution in [2.75, 3.05) is 30.4 Å². The van der Waals surface area contributed by atoms with E-state index in [9.17, 15) is 14.7 Å². The molecule has 0 saturated carbocycles. The molecule has 0 aliphatic heterocycles. The third-order valence-electron chi connectivity index (χ3n) is 4.14. The van der Waals surface area contributed by atoms with Crippen LogP contribution in [-0.2, 0) is 0 Å². The molecule has 0 bridgehead atoms. The first-order chi connectivity index (χ1) is 14.5. The second kappa shape index (κ2) is 10.1. The first kappa shape index (κ1) is 21.6. The summed E-state index contributed by atoms with van der Waals surface area (Å²) in [4.78, 5) is 25.6. The smallest absolute Gasteiger partial charge is 0.351 e. The monoisotopic (exact) mass is 472 g/mol. The number of ether oxygens (including phenoxy) is 1. The molecule has 0 atom stereocenters. The average Bonchev–Trinajstić information content (AvgIpc) is 2.72. The maximum Gasteiger partial charge on any atom is 0.351 e. The van der Waals surface area contributed by atoms with Crippen LogP contribution in [0.3, 0.4) is 0 Å². The molecular formula is C22H21BrN2O5. The number of hydrogen-bond donors (Lipinski definition) is 3. The Bertz CT molecular complexity index is 1080. The van der Waals surface area contributed by atoms with Gasteiger partial charge < -0.3 is 24.9 Å². The maximum atomic E-state index is 12.9.